The first-order valence-electron chi connectivity index (χ1n) is 4.11. The summed E-state index contributed by atoms with van der Waals surface area (Å²) in [7, 11) is 0. The van der Waals surface area contributed by atoms with E-state index in [1.807, 2.05) is 30.3 Å². The van der Waals surface area contributed by atoms with Crippen LogP contribution in [0.1, 0.15) is 0 Å². The van der Waals surface area contributed by atoms with Crippen LogP contribution < -0.4 is 5.23 Å². The second kappa shape index (κ2) is 3.59. The number of aromatic nitrogens is 2. The first-order valence-corrected chi connectivity index (χ1v) is 4.11. The standard InChI is InChI=1S/C9H9N3O2/c13-12(14)9-6-10-11(7-9)8-4-2-1-3-5-8/h1-7,12-13H. The summed E-state index contributed by atoms with van der Waals surface area (Å²) in [4.78, 5) is 0. The molecule has 1 heterocycles. The van der Waals surface area contributed by atoms with E-state index in [1.54, 1.807) is 0 Å². The Morgan fingerprint density at radius 3 is 2.57 bits per heavy atom. The fraction of sp³-hybridized carbons (Fsp3) is 0. The molecule has 0 radical (unpaired) electrons. The van der Waals surface area contributed by atoms with Crippen LogP contribution in [-0.4, -0.2) is 15.0 Å². The van der Waals surface area contributed by atoms with Gasteiger partial charge in [-0.2, -0.15) is 10.3 Å². The molecule has 2 N–H and O–H groups in total. The Kier molecular flexibility index (Phi) is 2.28. The molecule has 2 rings (SSSR count). The summed E-state index contributed by atoms with van der Waals surface area (Å²) in [6, 6.07) is 9.36. The Morgan fingerprint density at radius 2 is 2.00 bits per heavy atom. The van der Waals surface area contributed by atoms with Crippen LogP contribution in [0, 0.1) is 5.21 Å². The van der Waals surface area contributed by atoms with E-state index in [1.165, 1.54) is 17.1 Å². The smallest absolute Gasteiger partial charge is 0.202 e. The monoisotopic (exact) mass is 191 g/mol. The molecule has 0 amide bonds. The molecule has 0 fully saturated rings. The van der Waals surface area contributed by atoms with E-state index in [2.05, 4.69) is 5.10 Å². The van der Waals surface area contributed by atoms with Gasteiger partial charge in [0.15, 0.2) is 0 Å². The molecular weight excluding hydrogens is 182 g/mol. The number of benzene rings is 1. The summed E-state index contributed by atoms with van der Waals surface area (Å²) >= 11 is 0. The van der Waals surface area contributed by atoms with E-state index in [0.717, 1.165) is 5.69 Å². The highest BCUT2D eigenvalue weighted by Gasteiger charge is 2.04. The third kappa shape index (κ3) is 1.64. The van der Waals surface area contributed by atoms with Gasteiger partial charge in [0, 0.05) is 0 Å². The van der Waals surface area contributed by atoms with E-state index >= 15 is 0 Å². The lowest BCUT2D eigenvalue weighted by molar-refractivity contribution is -0.991. The van der Waals surface area contributed by atoms with Crippen molar-refractivity contribution >= 4 is 5.69 Å². The summed E-state index contributed by atoms with van der Waals surface area (Å²) in [5.41, 5.74) is 1.04. The van der Waals surface area contributed by atoms with Crippen molar-refractivity contribution in [1.29, 1.82) is 0 Å². The predicted molar refractivity (Wildman–Crippen MR) is 49.3 cm³/mol. The molecule has 0 aliphatic heterocycles. The number of hydrogen-bond acceptors (Lipinski definition) is 3. The molecule has 1 aromatic heterocycles. The second-order valence-corrected chi connectivity index (χ2v) is 2.81. The summed E-state index contributed by atoms with van der Waals surface area (Å²) in [5.74, 6) is 0. The molecule has 0 saturated heterocycles. The van der Waals surface area contributed by atoms with E-state index < -0.39 is 5.23 Å². The Hall–Kier alpha value is -1.69. The molecular formula is C9H9N3O2. The fourth-order valence-electron chi connectivity index (χ4n) is 1.16. The SMILES string of the molecule is [O-][NH+](O)c1cnn(-c2ccccc2)c1. The molecule has 0 bridgehead atoms. The van der Waals surface area contributed by atoms with Crippen LogP contribution in [0.15, 0.2) is 42.7 Å². The van der Waals surface area contributed by atoms with Crippen LogP contribution in [-0.2, 0) is 0 Å². The Balaban J connectivity index is 2.34. The lowest BCUT2D eigenvalue weighted by Crippen LogP contribution is -2.99. The molecule has 0 saturated carbocycles. The Labute approximate surface area is 80.4 Å². The molecule has 0 aliphatic carbocycles. The summed E-state index contributed by atoms with van der Waals surface area (Å²) in [6.07, 6.45) is 2.81. The number of nitrogens with one attached hydrogen (secondary N) is 1. The van der Waals surface area contributed by atoms with E-state index in [9.17, 15) is 5.21 Å². The van der Waals surface area contributed by atoms with E-state index in [0.29, 0.717) is 0 Å². The van der Waals surface area contributed by atoms with Gasteiger partial charge in [-0.1, -0.05) is 18.2 Å². The number of nitrogens with zero attached hydrogens (tertiary/aromatic N) is 2. The van der Waals surface area contributed by atoms with Gasteiger partial charge in [0.2, 0.25) is 5.69 Å². The van der Waals surface area contributed by atoms with Crippen LogP contribution in [0.25, 0.3) is 5.69 Å². The number of hydrogen-bond donors (Lipinski definition) is 2. The molecule has 0 spiro atoms. The van der Waals surface area contributed by atoms with Crippen LogP contribution in [0.5, 0.6) is 0 Å². The van der Waals surface area contributed by atoms with Crippen LogP contribution in [0.2, 0.25) is 0 Å². The minimum Gasteiger partial charge on any atom is -0.595 e. The average molecular weight is 191 g/mol. The lowest BCUT2D eigenvalue weighted by Gasteiger charge is -2.07. The van der Waals surface area contributed by atoms with Crippen molar-refractivity contribution in [2.75, 3.05) is 0 Å². The van der Waals surface area contributed by atoms with Crippen molar-refractivity contribution in [3.05, 3.63) is 47.9 Å². The van der Waals surface area contributed by atoms with Crippen LogP contribution in [0.3, 0.4) is 0 Å². The summed E-state index contributed by atoms with van der Waals surface area (Å²) < 4.78 is 1.53. The lowest BCUT2D eigenvalue weighted by atomic mass is 10.3. The highest BCUT2D eigenvalue weighted by atomic mass is 16.8. The van der Waals surface area contributed by atoms with E-state index in [-0.39, 0.29) is 5.69 Å². The minimum atomic E-state index is -0.966. The Morgan fingerprint density at radius 1 is 1.29 bits per heavy atom. The molecule has 1 atom stereocenters. The first kappa shape index (κ1) is 8.89. The minimum absolute atomic E-state index is 0.189. The molecule has 72 valence electrons. The third-order valence-corrected chi connectivity index (χ3v) is 1.85. The summed E-state index contributed by atoms with van der Waals surface area (Å²) in [6.45, 7) is 0. The number of para-hydroxylation sites is 1. The Bertz CT molecular complexity index is 411. The first-order chi connectivity index (χ1) is 6.77. The van der Waals surface area contributed by atoms with E-state index in [4.69, 9.17) is 5.21 Å². The number of rotatable bonds is 2. The van der Waals surface area contributed by atoms with Gasteiger partial charge < -0.3 is 5.21 Å². The largest absolute Gasteiger partial charge is 0.595 e. The van der Waals surface area contributed by atoms with Gasteiger partial charge in [-0.15, -0.1) is 0 Å². The average Bonchev–Trinajstić information content (AvgIpc) is 2.68. The highest BCUT2D eigenvalue weighted by molar-refractivity contribution is 5.33. The van der Waals surface area contributed by atoms with Crippen molar-refractivity contribution in [2.24, 2.45) is 0 Å². The normalized spacial score (nSPS) is 12.7. The van der Waals surface area contributed by atoms with Crippen molar-refractivity contribution in [1.82, 2.24) is 9.78 Å². The van der Waals surface area contributed by atoms with Gasteiger partial charge in [0.05, 0.1) is 11.9 Å². The highest BCUT2D eigenvalue weighted by Crippen LogP contribution is 2.07. The molecule has 1 unspecified atom stereocenters. The topological polar surface area (TPSA) is 65.6 Å². The van der Waals surface area contributed by atoms with Crippen LogP contribution in [0.4, 0.5) is 5.69 Å². The predicted octanol–water partition coefficient (Wildman–Crippen LogP) is 0.276. The molecule has 5 nitrogen and oxygen atoms in total. The molecule has 2 aromatic rings. The van der Waals surface area contributed by atoms with Crippen molar-refractivity contribution in [3.63, 3.8) is 0 Å². The molecule has 5 heteroatoms. The zero-order chi connectivity index (χ0) is 9.97. The van der Waals surface area contributed by atoms with Gasteiger partial charge in [-0.3, -0.25) is 0 Å². The van der Waals surface area contributed by atoms with Gasteiger partial charge in [0.1, 0.15) is 6.20 Å². The van der Waals surface area contributed by atoms with Gasteiger partial charge in [-0.25, -0.2) is 9.89 Å². The molecule has 1 aromatic carbocycles. The zero-order valence-corrected chi connectivity index (χ0v) is 7.29. The maximum atomic E-state index is 10.6. The maximum absolute atomic E-state index is 10.6. The van der Waals surface area contributed by atoms with Crippen molar-refractivity contribution in [3.8, 4) is 5.69 Å². The number of quaternary nitrogens is 1. The second-order valence-electron chi connectivity index (χ2n) is 2.81. The van der Waals surface area contributed by atoms with Gasteiger partial charge >= 0.3 is 0 Å². The molecule has 14 heavy (non-hydrogen) atoms. The quantitative estimate of drug-likeness (QED) is 0.670. The zero-order valence-electron chi connectivity index (χ0n) is 7.29. The third-order valence-electron chi connectivity index (χ3n) is 1.85. The molecule has 0 aliphatic rings. The van der Waals surface area contributed by atoms with Gasteiger partial charge in [0.25, 0.3) is 0 Å². The summed E-state index contributed by atoms with van der Waals surface area (Å²) in [5, 5.41) is 22.3. The maximum Gasteiger partial charge on any atom is 0.202 e. The van der Waals surface area contributed by atoms with Crippen LogP contribution >= 0.6 is 0 Å². The van der Waals surface area contributed by atoms with Gasteiger partial charge in [-0.05, 0) is 12.1 Å². The van der Waals surface area contributed by atoms with Crippen molar-refractivity contribution < 1.29 is 10.4 Å². The van der Waals surface area contributed by atoms with Crippen molar-refractivity contribution in [2.45, 2.75) is 0 Å². The fourth-order valence-corrected chi connectivity index (χ4v) is 1.16.